The van der Waals surface area contributed by atoms with Crippen molar-refractivity contribution in [3.05, 3.63) is 30.1 Å². The Morgan fingerprint density at radius 1 is 1.06 bits per heavy atom. The molecule has 2 aliphatic heterocycles. The minimum absolute atomic E-state index is 0.0473. The van der Waals surface area contributed by atoms with Crippen molar-refractivity contribution >= 4 is 17.7 Å². The van der Waals surface area contributed by atoms with Gasteiger partial charge >= 0.3 is 11.9 Å². The van der Waals surface area contributed by atoms with Crippen molar-refractivity contribution < 1.29 is 53.0 Å². The summed E-state index contributed by atoms with van der Waals surface area (Å²) >= 11 is 0. The van der Waals surface area contributed by atoms with Crippen LogP contribution in [0.5, 0.6) is 0 Å². The van der Waals surface area contributed by atoms with Crippen molar-refractivity contribution in [3.63, 3.8) is 0 Å². The zero-order chi connectivity index (χ0) is 39.1. The SMILES string of the molecule is CC[C@H]1OC(=O)[C@H](C)[C@@H](OC(=O)Cc2ccccn2)[C@H](C)[C@@H](OC2O[C@@H](C)C[C@@H](N(C)CC)[C@@H]2OC)[C@](C)(OC)C[C@@H](C)C(=O)[C@@H](C)[C@@H](O)[C@]1(C)O. The van der Waals surface area contributed by atoms with Gasteiger partial charge in [0.1, 0.15) is 29.7 Å². The predicted molar refractivity (Wildman–Crippen MR) is 193 cm³/mol. The van der Waals surface area contributed by atoms with Gasteiger partial charge in [-0.15, -0.1) is 0 Å². The molecule has 0 amide bonds. The highest BCUT2D eigenvalue weighted by Gasteiger charge is 2.53. The number of carbonyl (C=O) groups is 3. The van der Waals surface area contributed by atoms with Crippen LogP contribution in [0.15, 0.2) is 24.4 Å². The fourth-order valence-corrected chi connectivity index (χ4v) is 8.03. The summed E-state index contributed by atoms with van der Waals surface area (Å²) in [6, 6.07) is 5.17. The summed E-state index contributed by atoms with van der Waals surface area (Å²) in [4.78, 5) is 48.1. The summed E-state index contributed by atoms with van der Waals surface area (Å²) < 4.78 is 37.8. The average Bonchev–Trinajstić information content (AvgIpc) is 3.12. The zero-order valence-electron chi connectivity index (χ0n) is 33.2. The topological polar surface area (TPSA) is 163 Å². The Hall–Kier alpha value is -2.52. The number of rotatable bonds is 10. The van der Waals surface area contributed by atoms with Crippen molar-refractivity contribution in [2.24, 2.45) is 23.7 Å². The van der Waals surface area contributed by atoms with Gasteiger partial charge in [0.25, 0.3) is 0 Å². The first-order chi connectivity index (χ1) is 24.4. The van der Waals surface area contributed by atoms with E-state index in [0.717, 1.165) is 6.54 Å². The van der Waals surface area contributed by atoms with Crippen molar-refractivity contribution in [2.75, 3.05) is 27.8 Å². The number of aliphatic hydroxyl groups excluding tert-OH is 1. The van der Waals surface area contributed by atoms with Crippen LogP contribution in [0.25, 0.3) is 0 Å². The largest absolute Gasteiger partial charge is 0.461 e. The van der Waals surface area contributed by atoms with Crippen molar-refractivity contribution in [2.45, 2.75) is 148 Å². The summed E-state index contributed by atoms with van der Waals surface area (Å²) in [5, 5.41) is 23.0. The van der Waals surface area contributed by atoms with Crippen molar-refractivity contribution in [1.82, 2.24) is 9.88 Å². The molecule has 0 aromatic carbocycles. The molecule has 14 atom stereocenters. The van der Waals surface area contributed by atoms with Crippen LogP contribution in [-0.4, -0.2) is 126 Å². The molecule has 1 aromatic heterocycles. The van der Waals surface area contributed by atoms with Crippen LogP contribution in [0, 0.1) is 23.7 Å². The number of methoxy groups -OCH3 is 2. The molecule has 0 spiro atoms. The molecule has 1 unspecified atom stereocenters. The molecule has 52 heavy (non-hydrogen) atoms. The summed E-state index contributed by atoms with van der Waals surface area (Å²) in [5.41, 5.74) is -2.72. The fraction of sp³-hybridized carbons (Fsp3) is 0.795. The molecule has 2 saturated heterocycles. The Balaban J connectivity index is 2.21. The number of hydrogen-bond acceptors (Lipinski definition) is 13. The number of cyclic esters (lactones) is 1. The second-order valence-corrected chi connectivity index (χ2v) is 15.4. The molecule has 296 valence electrons. The number of ketones is 1. The van der Waals surface area contributed by atoms with E-state index in [4.69, 9.17) is 28.4 Å². The van der Waals surface area contributed by atoms with Gasteiger partial charge in [-0.3, -0.25) is 19.4 Å². The molecule has 0 radical (unpaired) electrons. The van der Waals surface area contributed by atoms with E-state index < -0.39 is 83.6 Å². The van der Waals surface area contributed by atoms with E-state index >= 15 is 0 Å². The first-order valence-electron chi connectivity index (χ1n) is 18.7. The van der Waals surface area contributed by atoms with Gasteiger partial charge in [0.2, 0.25) is 0 Å². The number of aliphatic hydroxyl groups is 2. The van der Waals surface area contributed by atoms with Crippen molar-refractivity contribution in [3.8, 4) is 0 Å². The molecule has 13 heteroatoms. The Morgan fingerprint density at radius 3 is 2.29 bits per heavy atom. The lowest BCUT2D eigenvalue weighted by atomic mass is 9.74. The first-order valence-corrected chi connectivity index (χ1v) is 18.7. The van der Waals surface area contributed by atoms with E-state index in [1.807, 2.05) is 27.8 Å². The summed E-state index contributed by atoms with van der Waals surface area (Å²) in [6.45, 7) is 16.4. The molecule has 2 fully saturated rings. The van der Waals surface area contributed by atoms with Gasteiger partial charge in [-0.2, -0.15) is 0 Å². The number of hydrogen-bond donors (Lipinski definition) is 2. The maximum Gasteiger partial charge on any atom is 0.312 e. The van der Waals surface area contributed by atoms with Crippen LogP contribution in [-0.2, 0) is 49.2 Å². The molecule has 2 aliphatic rings. The normalized spacial score (nSPS) is 39.8. The minimum Gasteiger partial charge on any atom is -0.461 e. The van der Waals surface area contributed by atoms with Crippen LogP contribution in [0.3, 0.4) is 0 Å². The third-order valence-electron chi connectivity index (χ3n) is 11.5. The number of ether oxygens (including phenoxy) is 6. The van der Waals surface area contributed by atoms with Crippen LogP contribution < -0.4 is 0 Å². The smallest absolute Gasteiger partial charge is 0.312 e. The highest BCUT2D eigenvalue weighted by molar-refractivity contribution is 5.83. The standard InChI is InChI=1S/C39H64N2O11/c1-13-29-39(9,46)34(44)24(5)31(43)22(3)21-38(8,48-12)35(52-37-33(47-11)28(41(10)14-2)19-23(4)49-37)25(6)32(26(7)36(45)50-29)51-30(42)20-27-17-15-16-18-40-27/h15-18,22-26,28-29,32-35,37,44,46H,13-14,19-21H2,1-12H3/t22-,23+,24-,25+,26-,28-,29-,32+,33+,34-,35-,37?,38-,39-/m1/s1. The van der Waals surface area contributed by atoms with E-state index in [1.54, 1.807) is 59.2 Å². The van der Waals surface area contributed by atoms with Gasteiger partial charge < -0.3 is 43.5 Å². The molecular weight excluding hydrogens is 672 g/mol. The summed E-state index contributed by atoms with van der Waals surface area (Å²) in [5.74, 6) is -5.21. The summed E-state index contributed by atoms with van der Waals surface area (Å²) in [7, 11) is 5.14. The highest BCUT2D eigenvalue weighted by atomic mass is 16.7. The lowest BCUT2D eigenvalue weighted by Gasteiger charge is -2.49. The predicted octanol–water partition coefficient (Wildman–Crippen LogP) is 3.75. The van der Waals surface area contributed by atoms with Gasteiger partial charge in [0, 0.05) is 44.2 Å². The van der Waals surface area contributed by atoms with E-state index in [1.165, 1.54) is 14.0 Å². The number of carbonyl (C=O) groups excluding carboxylic acids is 3. The molecule has 1 aromatic rings. The average molecular weight is 737 g/mol. The second-order valence-electron chi connectivity index (χ2n) is 15.4. The Morgan fingerprint density at radius 2 is 1.73 bits per heavy atom. The molecule has 0 aliphatic carbocycles. The molecule has 0 bridgehead atoms. The van der Waals surface area contributed by atoms with Gasteiger partial charge in [0.15, 0.2) is 6.29 Å². The fourth-order valence-electron chi connectivity index (χ4n) is 8.03. The minimum atomic E-state index is -1.97. The Labute approximate surface area is 310 Å². The summed E-state index contributed by atoms with van der Waals surface area (Å²) in [6.07, 6.45) is -4.01. The molecular formula is C39H64N2O11. The third-order valence-corrected chi connectivity index (χ3v) is 11.5. The number of aromatic nitrogens is 1. The number of pyridine rings is 1. The van der Waals surface area contributed by atoms with Crippen molar-refractivity contribution in [1.29, 1.82) is 0 Å². The zero-order valence-corrected chi connectivity index (χ0v) is 33.2. The second kappa shape index (κ2) is 18.7. The van der Waals surface area contributed by atoms with Crippen LogP contribution >= 0.6 is 0 Å². The van der Waals surface area contributed by atoms with E-state index in [9.17, 15) is 24.6 Å². The highest BCUT2D eigenvalue weighted by Crippen LogP contribution is 2.40. The maximum absolute atomic E-state index is 14.1. The molecule has 3 heterocycles. The van der Waals surface area contributed by atoms with Crippen LogP contribution in [0.2, 0.25) is 0 Å². The third kappa shape index (κ3) is 9.96. The molecule has 13 nitrogen and oxygen atoms in total. The Kier molecular flexibility index (Phi) is 15.8. The molecule has 0 saturated carbocycles. The number of Topliss-reactive ketones (excluding diaryl/α,β-unsaturated/α-hetero) is 1. The first kappa shape index (κ1) is 43.9. The van der Waals surface area contributed by atoms with Crippen LogP contribution in [0.1, 0.15) is 87.3 Å². The lowest BCUT2D eigenvalue weighted by molar-refractivity contribution is -0.305. The lowest BCUT2D eigenvalue weighted by Crippen LogP contribution is -2.61. The number of likely N-dealkylation sites (N-methyl/N-ethyl adjacent to an activating group) is 1. The van der Waals surface area contributed by atoms with Gasteiger partial charge in [-0.05, 0) is 72.7 Å². The molecule has 2 N–H and O–H groups in total. The monoisotopic (exact) mass is 736 g/mol. The number of nitrogens with zero attached hydrogens (tertiary/aromatic N) is 2. The molecule has 3 rings (SSSR count). The van der Waals surface area contributed by atoms with Gasteiger partial charge in [-0.25, -0.2) is 0 Å². The quantitative estimate of drug-likeness (QED) is 0.335. The Bertz CT molecular complexity index is 1310. The van der Waals surface area contributed by atoms with E-state index in [0.29, 0.717) is 12.1 Å². The van der Waals surface area contributed by atoms with E-state index in [-0.39, 0.29) is 37.2 Å². The van der Waals surface area contributed by atoms with Gasteiger partial charge in [0.05, 0.1) is 41.9 Å². The van der Waals surface area contributed by atoms with E-state index in [2.05, 4.69) is 16.8 Å². The van der Waals surface area contributed by atoms with Crippen LogP contribution in [0.4, 0.5) is 0 Å². The maximum atomic E-state index is 14.1. The number of esters is 2. The van der Waals surface area contributed by atoms with Gasteiger partial charge in [-0.1, -0.05) is 40.7 Å².